The first kappa shape index (κ1) is 17.5. The number of para-hydroxylation sites is 1. The Bertz CT molecular complexity index is 915. The molecule has 0 bridgehead atoms. The minimum atomic E-state index is -0.520. The Balaban J connectivity index is 1.56. The molecular weight excluding hydrogens is 332 g/mol. The Labute approximate surface area is 151 Å². The van der Waals surface area contributed by atoms with Crippen LogP contribution in [0.3, 0.4) is 0 Å². The van der Waals surface area contributed by atoms with Gasteiger partial charge >= 0.3 is 5.97 Å². The van der Waals surface area contributed by atoms with E-state index in [9.17, 15) is 9.59 Å². The number of amides is 1. The van der Waals surface area contributed by atoms with Gasteiger partial charge in [0.1, 0.15) is 5.75 Å². The van der Waals surface area contributed by atoms with Crippen LogP contribution in [0.2, 0.25) is 0 Å². The number of carbonyl (C=O) groups is 2. The lowest BCUT2D eigenvalue weighted by molar-refractivity contribution is -0.133. The number of aromatic nitrogens is 1. The third-order valence-electron chi connectivity index (χ3n) is 4.14. The molecule has 6 heteroatoms. The quantitative estimate of drug-likeness (QED) is 0.692. The molecule has 3 aromatic rings. The lowest BCUT2D eigenvalue weighted by Crippen LogP contribution is -2.30. The van der Waals surface area contributed by atoms with Gasteiger partial charge in [-0.3, -0.25) is 4.79 Å². The van der Waals surface area contributed by atoms with Crippen molar-refractivity contribution in [3.05, 3.63) is 65.9 Å². The SMILES string of the molecule is COc1ccc(CN(C)C(=O)COC(=O)c2c[nH]c3ccccc23)cc1. The summed E-state index contributed by atoms with van der Waals surface area (Å²) in [5.74, 6) is -0.0296. The third-order valence-corrected chi connectivity index (χ3v) is 4.14. The van der Waals surface area contributed by atoms with Crippen molar-refractivity contribution in [2.24, 2.45) is 0 Å². The number of aromatic amines is 1. The molecule has 0 fully saturated rings. The predicted molar refractivity (Wildman–Crippen MR) is 98.0 cm³/mol. The number of methoxy groups -OCH3 is 1. The Morgan fingerprint density at radius 1 is 1.08 bits per heavy atom. The van der Waals surface area contributed by atoms with E-state index < -0.39 is 5.97 Å². The van der Waals surface area contributed by atoms with Crippen molar-refractivity contribution in [2.45, 2.75) is 6.54 Å². The van der Waals surface area contributed by atoms with Gasteiger partial charge in [-0.15, -0.1) is 0 Å². The lowest BCUT2D eigenvalue weighted by Gasteiger charge is -2.17. The van der Waals surface area contributed by atoms with Crippen LogP contribution in [0, 0.1) is 0 Å². The van der Waals surface area contributed by atoms with E-state index in [1.165, 1.54) is 4.90 Å². The first-order chi connectivity index (χ1) is 12.6. The van der Waals surface area contributed by atoms with Crippen LogP contribution < -0.4 is 4.74 Å². The number of benzene rings is 2. The Kier molecular flexibility index (Phi) is 5.22. The molecule has 1 amide bonds. The number of esters is 1. The van der Waals surface area contributed by atoms with Crippen molar-refractivity contribution >= 4 is 22.8 Å². The van der Waals surface area contributed by atoms with Gasteiger partial charge in [-0.25, -0.2) is 4.79 Å². The second-order valence-corrected chi connectivity index (χ2v) is 5.92. The number of nitrogens with zero attached hydrogens (tertiary/aromatic N) is 1. The summed E-state index contributed by atoms with van der Waals surface area (Å²) in [4.78, 5) is 29.0. The van der Waals surface area contributed by atoms with Crippen molar-refractivity contribution < 1.29 is 19.1 Å². The van der Waals surface area contributed by atoms with Crippen LogP contribution in [-0.4, -0.2) is 42.5 Å². The van der Waals surface area contributed by atoms with E-state index in [0.717, 1.165) is 22.2 Å². The largest absolute Gasteiger partial charge is 0.497 e. The standard InChI is InChI=1S/C20H20N2O4/c1-22(12-14-7-9-15(25-2)10-8-14)19(23)13-26-20(24)17-11-21-18-6-4-3-5-16(17)18/h3-11,21H,12-13H2,1-2H3. The van der Waals surface area contributed by atoms with Gasteiger partial charge in [0.15, 0.2) is 6.61 Å². The fraction of sp³-hybridized carbons (Fsp3) is 0.200. The zero-order valence-electron chi connectivity index (χ0n) is 14.7. The van der Waals surface area contributed by atoms with E-state index in [-0.39, 0.29) is 12.5 Å². The molecule has 0 aliphatic rings. The molecule has 0 radical (unpaired) electrons. The number of fused-ring (bicyclic) bond motifs is 1. The predicted octanol–water partition coefficient (Wildman–Crippen LogP) is 2.99. The lowest BCUT2D eigenvalue weighted by atomic mass is 10.2. The van der Waals surface area contributed by atoms with Crippen LogP contribution in [0.25, 0.3) is 10.9 Å². The highest BCUT2D eigenvalue weighted by molar-refractivity contribution is 6.04. The van der Waals surface area contributed by atoms with Crippen LogP contribution in [-0.2, 0) is 16.1 Å². The first-order valence-electron chi connectivity index (χ1n) is 8.18. The number of hydrogen-bond acceptors (Lipinski definition) is 4. The van der Waals surface area contributed by atoms with Gasteiger partial charge in [-0.2, -0.15) is 0 Å². The molecule has 2 aromatic carbocycles. The normalized spacial score (nSPS) is 10.5. The van der Waals surface area contributed by atoms with Crippen LogP contribution in [0.15, 0.2) is 54.7 Å². The van der Waals surface area contributed by atoms with Crippen LogP contribution in [0.1, 0.15) is 15.9 Å². The summed E-state index contributed by atoms with van der Waals surface area (Å²) in [5.41, 5.74) is 2.23. The summed E-state index contributed by atoms with van der Waals surface area (Å²) < 4.78 is 10.3. The number of ether oxygens (including phenoxy) is 2. The average molecular weight is 352 g/mol. The molecule has 1 N–H and O–H groups in total. The number of likely N-dealkylation sites (N-methyl/N-ethyl adjacent to an activating group) is 1. The molecule has 0 spiro atoms. The van der Waals surface area contributed by atoms with Gasteiger partial charge in [0.05, 0.1) is 12.7 Å². The summed E-state index contributed by atoms with van der Waals surface area (Å²) >= 11 is 0. The highest BCUT2D eigenvalue weighted by atomic mass is 16.5. The average Bonchev–Trinajstić information content (AvgIpc) is 3.10. The first-order valence-corrected chi connectivity index (χ1v) is 8.18. The molecule has 1 aromatic heterocycles. The molecule has 134 valence electrons. The van der Waals surface area contributed by atoms with E-state index in [2.05, 4.69) is 4.98 Å². The Hall–Kier alpha value is -3.28. The monoisotopic (exact) mass is 352 g/mol. The minimum Gasteiger partial charge on any atom is -0.497 e. The van der Waals surface area contributed by atoms with Gasteiger partial charge < -0.3 is 19.4 Å². The number of carbonyl (C=O) groups excluding carboxylic acids is 2. The maximum absolute atomic E-state index is 12.2. The Morgan fingerprint density at radius 2 is 1.81 bits per heavy atom. The van der Waals surface area contributed by atoms with E-state index in [1.807, 2.05) is 48.5 Å². The van der Waals surface area contributed by atoms with Gasteiger partial charge in [0.25, 0.3) is 5.91 Å². The molecule has 0 aliphatic carbocycles. The van der Waals surface area contributed by atoms with E-state index >= 15 is 0 Å². The van der Waals surface area contributed by atoms with Gasteiger partial charge in [-0.1, -0.05) is 30.3 Å². The second kappa shape index (κ2) is 7.74. The number of H-pyrrole nitrogens is 1. The van der Waals surface area contributed by atoms with Crippen LogP contribution in [0.4, 0.5) is 0 Å². The van der Waals surface area contributed by atoms with Crippen molar-refractivity contribution in [1.29, 1.82) is 0 Å². The molecule has 0 saturated carbocycles. The molecular formula is C20H20N2O4. The van der Waals surface area contributed by atoms with Gasteiger partial charge in [-0.05, 0) is 23.8 Å². The topological polar surface area (TPSA) is 71.6 Å². The highest BCUT2D eigenvalue weighted by Gasteiger charge is 2.16. The minimum absolute atomic E-state index is 0.269. The summed E-state index contributed by atoms with van der Waals surface area (Å²) in [7, 11) is 3.28. The smallest absolute Gasteiger partial charge is 0.340 e. The fourth-order valence-electron chi connectivity index (χ4n) is 2.65. The van der Waals surface area contributed by atoms with Crippen molar-refractivity contribution in [3.63, 3.8) is 0 Å². The van der Waals surface area contributed by atoms with Crippen molar-refractivity contribution in [2.75, 3.05) is 20.8 Å². The van der Waals surface area contributed by atoms with Gasteiger partial charge in [0, 0.05) is 30.7 Å². The maximum atomic E-state index is 12.2. The number of hydrogen-bond donors (Lipinski definition) is 1. The third kappa shape index (κ3) is 3.85. The molecule has 6 nitrogen and oxygen atoms in total. The molecule has 0 saturated heterocycles. The summed E-state index contributed by atoms with van der Waals surface area (Å²) in [6.07, 6.45) is 1.60. The summed E-state index contributed by atoms with van der Waals surface area (Å²) in [6.45, 7) is 0.123. The fourth-order valence-corrected chi connectivity index (χ4v) is 2.65. The van der Waals surface area contributed by atoms with E-state index in [4.69, 9.17) is 9.47 Å². The summed E-state index contributed by atoms with van der Waals surface area (Å²) in [6, 6.07) is 14.9. The maximum Gasteiger partial charge on any atom is 0.340 e. The molecule has 1 heterocycles. The molecule has 26 heavy (non-hydrogen) atoms. The number of rotatable bonds is 6. The molecule has 0 unspecified atom stereocenters. The molecule has 3 rings (SSSR count). The second-order valence-electron chi connectivity index (χ2n) is 5.92. The van der Waals surface area contributed by atoms with Crippen molar-refractivity contribution in [1.82, 2.24) is 9.88 Å². The number of nitrogens with one attached hydrogen (secondary N) is 1. The zero-order chi connectivity index (χ0) is 18.5. The van der Waals surface area contributed by atoms with Gasteiger partial charge in [0.2, 0.25) is 0 Å². The summed E-state index contributed by atoms with van der Waals surface area (Å²) in [5, 5.41) is 0.775. The molecule has 0 atom stereocenters. The highest BCUT2D eigenvalue weighted by Crippen LogP contribution is 2.18. The van der Waals surface area contributed by atoms with E-state index in [1.54, 1.807) is 20.4 Å². The molecule has 0 aliphatic heterocycles. The van der Waals surface area contributed by atoms with Crippen molar-refractivity contribution in [3.8, 4) is 5.75 Å². The van der Waals surface area contributed by atoms with Crippen LogP contribution >= 0.6 is 0 Å². The van der Waals surface area contributed by atoms with Crippen LogP contribution in [0.5, 0.6) is 5.75 Å². The zero-order valence-corrected chi connectivity index (χ0v) is 14.7. The van der Waals surface area contributed by atoms with E-state index in [0.29, 0.717) is 12.1 Å². The Morgan fingerprint density at radius 3 is 2.54 bits per heavy atom.